The maximum atomic E-state index is 5.59. The summed E-state index contributed by atoms with van der Waals surface area (Å²) in [6, 6.07) is 11.1. The molecule has 0 amide bonds. The molecule has 5 rings (SSSR count). The fourth-order valence-electron chi connectivity index (χ4n) is 4.04. The van der Waals surface area contributed by atoms with Gasteiger partial charge in [0, 0.05) is 19.6 Å². The van der Waals surface area contributed by atoms with Crippen LogP contribution in [-0.4, -0.2) is 6.79 Å². The maximum absolute atomic E-state index is 5.59. The summed E-state index contributed by atoms with van der Waals surface area (Å²) in [6.07, 6.45) is 5.78. The zero-order chi connectivity index (χ0) is 16.3. The standard InChI is InChI=1S/C19H15BrINO2/c20-15-8-18-17(23-9-24-18)7-14(15)19-12-3-1-2-11(12)13-6-10(21)4-5-16(13)22-19/h1-2,4-8,11-12,19,22H,3,9H2/t11-,12+,19-/m0/s1. The summed E-state index contributed by atoms with van der Waals surface area (Å²) < 4.78 is 13.4. The van der Waals surface area contributed by atoms with Gasteiger partial charge >= 0.3 is 0 Å². The van der Waals surface area contributed by atoms with Crippen LogP contribution >= 0.6 is 38.5 Å². The molecule has 0 bridgehead atoms. The van der Waals surface area contributed by atoms with E-state index in [0.717, 1.165) is 22.4 Å². The number of rotatable bonds is 1. The lowest BCUT2D eigenvalue weighted by Gasteiger charge is -2.38. The van der Waals surface area contributed by atoms with Crippen LogP contribution in [0, 0.1) is 9.49 Å². The summed E-state index contributed by atoms with van der Waals surface area (Å²) in [6.45, 7) is 0.304. The molecule has 2 aromatic rings. The first kappa shape index (κ1) is 15.1. The number of allylic oxidation sites excluding steroid dienone is 2. The molecule has 122 valence electrons. The molecule has 2 aliphatic heterocycles. The average Bonchev–Trinajstić information content (AvgIpc) is 3.22. The molecule has 0 saturated heterocycles. The molecule has 24 heavy (non-hydrogen) atoms. The van der Waals surface area contributed by atoms with Gasteiger partial charge < -0.3 is 14.8 Å². The quantitative estimate of drug-likeness (QED) is 0.412. The molecule has 0 aromatic heterocycles. The van der Waals surface area contributed by atoms with Gasteiger partial charge in [0.2, 0.25) is 6.79 Å². The van der Waals surface area contributed by atoms with E-state index in [4.69, 9.17) is 9.47 Å². The van der Waals surface area contributed by atoms with E-state index in [-0.39, 0.29) is 6.04 Å². The first-order valence-electron chi connectivity index (χ1n) is 8.02. The number of anilines is 1. The fraction of sp³-hybridized carbons (Fsp3) is 0.263. The van der Waals surface area contributed by atoms with E-state index in [1.807, 2.05) is 6.07 Å². The van der Waals surface area contributed by atoms with Crippen molar-refractivity contribution in [1.29, 1.82) is 0 Å². The number of halogens is 2. The van der Waals surface area contributed by atoms with Crippen LogP contribution in [0.1, 0.15) is 29.5 Å². The molecule has 3 nitrogen and oxygen atoms in total. The zero-order valence-corrected chi connectivity index (χ0v) is 16.5. The Hall–Kier alpha value is -1.21. The molecule has 0 unspecified atom stereocenters. The van der Waals surface area contributed by atoms with Crippen LogP contribution in [0.2, 0.25) is 0 Å². The molecular weight excluding hydrogens is 481 g/mol. The van der Waals surface area contributed by atoms with E-state index in [9.17, 15) is 0 Å². The predicted molar refractivity (Wildman–Crippen MR) is 106 cm³/mol. The molecule has 0 saturated carbocycles. The van der Waals surface area contributed by atoms with Crippen molar-refractivity contribution in [1.82, 2.24) is 0 Å². The molecule has 0 radical (unpaired) electrons. The first-order valence-corrected chi connectivity index (χ1v) is 9.89. The second-order valence-electron chi connectivity index (χ2n) is 6.43. The van der Waals surface area contributed by atoms with E-state index in [2.05, 4.69) is 80.3 Å². The maximum Gasteiger partial charge on any atom is 0.231 e. The lowest BCUT2D eigenvalue weighted by molar-refractivity contribution is 0.174. The van der Waals surface area contributed by atoms with Crippen molar-refractivity contribution in [2.24, 2.45) is 5.92 Å². The Morgan fingerprint density at radius 1 is 1.08 bits per heavy atom. The minimum atomic E-state index is 0.251. The number of benzene rings is 2. The van der Waals surface area contributed by atoms with Crippen molar-refractivity contribution < 1.29 is 9.47 Å². The van der Waals surface area contributed by atoms with Crippen molar-refractivity contribution in [2.45, 2.75) is 18.4 Å². The summed E-state index contributed by atoms with van der Waals surface area (Å²) in [4.78, 5) is 0. The highest BCUT2D eigenvalue weighted by Gasteiger charge is 2.39. The summed E-state index contributed by atoms with van der Waals surface area (Å²) in [7, 11) is 0. The van der Waals surface area contributed by atoms with Crippen LogP contribution < -0.4 is 14.8 Å². The van der Waals surface area contributed by atoms with Gasteiger partial charge in [-0.05, 0) is 76.4 Å². The highest BCUT2D eigenvalue weighted by atomic mass is 127. The van der Waals surface area contributed by atoms with Gasteiger partial charge in [-0.1, -0.05) is 28.1 Å². The topological polar surface area (TPSA) is 30.5 Å². The van der Waals surface area contributed by atoms with Gasteiger partial charge in [-0.3, -0.25) is 0 Å². The molecule has 2 aromatic carbocycles. The first-order chi connectivity index (χ1) is 11.7. The van der Waals surface area contributed by atoms with Gasteiger partial charge in [0.25, 0.3) is 0 Å². The Bertz CT molecular complexity index is 867. The Balaban J connectivity index is 1.61. The van der Waals surface area contributed by atoms with Crippen LogP contribution in [0.4, 0.5) is 5.69 Å². The molecule has 2 heterocycles. The molecule has 1 aliphatic carbocycles. The molecule has 3 aliphatic rings. The number of ether oxygens (including phenoxy) is 2. The third-order valence-electron chi connectivity index (χ3n) is 5.15. The Morgan fingerprint density at radius 3 is 2.79 bits per heavy atom. The van der Waals surface area contributed by atoms with Crippen LogP contribution in [0.3, 0.4) is 0 Å². The van der Waals surface area contributed by atoms with E-state index in [0.29, 0.717) is 18.6 Å². The van der Waals surface area contributed by atoms with Gasteiger partial charge in [-0.15, -0.1) is 0 Å². The van der Waals surface area contributed by atoms with Crippen molar-refractivity contribution in [3.63, 3.8) is 0 Å². The zero-order valence-electron chi connectivity index (χ0n) is 12.8. The second-order valence-corrected chi connectivity index (χ2v) is 8.53. The third-order valence-corrected chi connectivity index (χ3v) is 6.51. The van der Waals surface area contributed by atoms with Crippen LogP contribution in [0.25, 0.3) is 0 Å². The van der Waals surface area contributed by atoms with Gasteiger partial charge in [-0.25, -0.2) is 0 Å². The minimum Gasteiger partial charge on any atom is -0.454 e. The minimum absolute atomic E-state index is 0.251. The van der Waals surface area contributed by atoms with E-state index in [1.54, 1.807) is 0 Å². The SMILES string of the molecule is Brc1cc2c(cc1[C@H]1Nc3ccc(I)cc3[C@H]3C=CC[C@H]31)OCO2. The van der Waals surface area contributed by atoms with Crippen molar-refractivity contribution in [3.05, 3.63) is 61.7 Å². The predicted octanol–water partition coefficient (Wildman–Crippen LogP) is 5.61. The smallest absolute Gasteiger partial charge is 0.231 e. The molecule has 3 atom stereocenters. The Labute approximate surface area is 162 Å². The summed E-state index contributed by atoms with van der Waals surface area (Å²) >= 11 is 6.13. The third kappa shape index (κ3) is 2.28. The molecule has 1 N–H and O–H groups in total. The number of hydrogen-bond donors (Lipinski definition) is 1. The summed E-state index contributed by atoms with van der Waals surface area (Å²) in [5.41, 5.74) is 3.88. The van der Waals surface area contributed by atoms with Crippen LogP contribution in [-0.2, 0) is 0 Å². The summed E-state index contributed by atoms with van der Waals surface area (Å²) in [5, 5.41) is 3.77. The monoisotopic (exact) mass is 495 g/mol. The van der Waals surface area contributed by atoms with E-state index >= 15 is 0 Å². The molecule has 0 spiro atoms. The van der Waals surface area contributed by atoms with Gasteiger partial charge in [-0.2, -0.15) is 0 Å². The lowest BCUT2D eigenvalue weighted by atomic mass is 9.77. The average molecular weight is 496 g/mol. The van der Waals surface area contributed by atoms with Gasteiger partial charge in [0.05, 0.1) is 6.04 Å². The molecular formula is C19H15BrINO2. The normalized spacial score (nSPS) is 26.0. The highest BCUT2D eigenvalue weighted by molar-refractivity contribution is 14.1. The Morgan fingerprint density at radius 2 is 1.92 bits per heavy atom. The van der Waals surface area contributed by atoms with Crippen molar-refractivity contribution in [2.75, 3.05) is 12.1 Å². The largest absolute Gasteiger partial charge is 0.454 e. The van der Waals surface area contributed by atoms with Gasteiger partial charge in [0.15, 0.2) is 11.5 Å². The molecule has 5 heteroatoms. The summed E-state index contributed by atoms with van der Waals surface area (Å²) in [5.74, 6) is 2.65. The highest BCUT2D eigenvalue weighted by Crippen LogP contribution is 2.52. The number of fused-ring (bicyclic) bond motifs is 4. The second kappa shape index (κ2) is 5.66. The van der Waals surface area contributed by atoms with Crippen molar-refractivity contribution in [3.8, 4) is 11.5 Å². The van der Waals surface area contributed by atoms with Gasteiger partial charge in [0.1, 0.15) is 0 Å². The van der Waals surface area contributed by atoms with Crippen LogP contribution in [0.5, 0.6) is 11.5 Å². The number of hydrogen-bond acceptors (Lipinski definition) is 3. The number of nitrogens with one attached hydrogen (secondary N) is 1. The van der Waals surface area contributed by atoms with Crippen molar-refractivity contribution >= 4 is 44.2 Å². The fourth-order valence-corrected chi connectivity index (χ4v) is 5.13. The van der Waals surface area contributed by atoms with E-state index < -0.39 is 0 Å². The lowest BCUT2D eigenvalue weighted by Crippen LogP contribution is -2.29. The van der Waals surface area contributed by atoms with Crippen LogP contribution in [0.15, 0.2) is 47.0 Å². The molecule has 0 fully saturated rings. The van der Waals surface area contributed by atoms with E-state index in [1.165, 1.54) is 20.4 Å². The Kier molecular flexibility index (Phi) is 3.56.